The predicted molar refractivity (Wildman–Crippen MR) is 199 cm³/mol. The third-order valence-electron chi connectivity index (χ3n) is 10.0. The molecule has 0 saturated heterocycles. The van der Waals surface area contributed by atoms with E-state index < -0.39 is 0 Å². The van der Waals surface area contributed by atoms with Crippen LogP contribution in [0.5, 0.6) is 0 Å². The lowest BCUT2D eigenvalue weighted by atomic mass is 10.0. The quantitative estimate of drug-likeness (QED) is 0.199. The molecule has 0 bridgehead atoms. The molecule has 4 aromatic heterocycles. The van der Waals surface area contributed by atoms with Crippen LogP contribution < -0.4 is 0 Å². The first kappa shape index (κ1) is 25.6. The molecule has 0 aliphatic carbocycles. The summed E-state index contributed by atoms with van der Waals surface area (Å²) in [5.41, 5.74) is 11.1. The molecule has 0 aliphatic heterocycles. The van der Waals surface area contributed by atoms with Gasteiger partial charge in [0, 0.05) is 43.7 Å². The fraction of sp³-hybridized carbons (Fsp3) is 0. The second kappa shape index (κ2) is 9.50. The first-order valence-electron chi connectivity index (χ1n) is 16.4. The van der Waals surface area contributed by atoms with Crippen molar-refractivity contribution in [1.29, 1.82) is 0 Å². The molecular weight excluding hydrogens is 585 g/mol. The van der Waals surface area contributed by atoms with Crippen LogP contribution in [-0.4, -0.2) is 18.9 Å². The highest BCUT2D eigenvalue weighted by molar-refractivity contribution is 6.33. The van der Waals surface area contributed by atoms with Crippen LogP contribution in [0.4, 0.5) is 0 Å². The van der Waals surface area contributed by atoms with Crippen LogP contribution in [0.1, 0.15) is 0 Å². The summed E-state index contributed by atoms with van der Waals surface area (Å²) in [6.07, 6.45) is 0. The number of rotatable bonds is 3. The minimum absolute atomic E-state index is 0.728. The van der Waals surface area contributed by atoms with Gasteiger partial charge in [-0.25, -0.2) is 9.97 Å². The van der Waals surface area contributed by atoms with Gasteiger partial charge in [-0.3, -0.25) is 0 Å². The third kappa shape index (κ3) is 3.38. The highest BCUT2D eigenvalue weighted by atomic mass is 15.0. The van der Waals surface area contributed by atoms with Gasteiger partial charge in [-0.15, -0.1) is 0 Å². The van der Waals surface area contributed by atoms with E-state index in [1.54, 1.807) is 0 Å². The van der Waals surface area contributed by atoms with Gasteiger partial charge in [-0.05, 0) is 47.2 Å². The molecule has 4 heteroatoms. The van der Waals surface area contributed by atoms with E-state index in [2.05, 4.69) is 148 Å². The molecule has 4 heterocycles. The van der Waals surface area contributed by atoms with E-state index in [9.17, 15) is 0 Å². The Balaban J connectivity index is 1.32. The van der Waals surface area contributed by atoms with Gasteiger partial charge in [0.25, 0.3) is 0 Å². The van der Waals surface area contributed by atoms with Crippen LogP contribution in [0.2, 0.25) is 0 Å². The van der Waals surface area contributed by atoms with E-state index in [1.807, 2.05) is 18.2 Å². The zero-order valence-electron chi connectivity index (χ0n) is 25.8. The SMILES string of the molecule is c1ccc(-c2nc(-c3ccccc3)c3cc(-n4c5ccc6cccc7c8ccccc8n8c9ccccc9c4c8c5c67)ccc3n2)cc1. The molecule has 0 aliphatic rings. The summed E-state index contributed by atoms with van der Waals surface area (Å²) < 4.78 is 4.96. The van der Waals surface area contributed by atoms with Crippen LogP contribution in [0, 0.1) is 0 Å². The van der Waals surface area contributed by atoms with E-state index in [0.717, 1.165) is 39.2 Å². The van der Waals surface area contributed by atoms with Gasteiger partial charge in [0.05, 0.1) is 38.8 Å². The molecule has 0 radical (unpaired) electrons. The fourth-order valence-corrected chi connectivity index (χ4v) is 8.02. The first-order valence-corrected chi connectivity index (χ1v) is 16.4. The van der Waals surface area contributed by atoms with E-state index in [4.69, 9.17) is 9.97 Å². The van der Waals surface area contributed by atoms with Gasteiger partial charge >= 0.3 is 0 Å². The zero-order chi connectivity index (χ0) is 31.3. The molecule has 222 valence electrons. The molecule has 0 saturated carbocycles. The number of nitrogens with zero attached hydrogens (tertiary/aromatic N) is 4. The van der Waals surface area contributed by atoms with E-state index in [-0.39, 0.29) is 0 Å². The number of hydrogen-bond acceptors (Lipinski definition) is 2. The molecule has 0 atom stereocenters. The molecule has 4 nitrogen and oxygen atoms in total. The minimum atomic E-state index is 0.728. The molecule has 7 aromatic carbocycles. The fourth-order valence-electron chi connectivity index (χ4n) is 8.02. The molecule has 11 aromatic rings. The van der Waals surface area contributed by atoms with E-state index in [0.29, 0.717) is 0 Å². The maximum atomic E-state index is 5.20. The summed E-state index contributed by atoms with van der Waals surface area (Å²) in [5, 5.41) is 8.61. The molecule has 0 spiro atoms. The van der Waals surface area contributed by atoms with Gasteiger partial charge in [0.2, 0.25) is 0 Å². The molecule has 0 amide bonds. The molecule has 0 N–H and O–H groups in total. The molecule has 0 unspecified atom stereocenters. The Bertz CT molecular complexity index is 3040. The van der Waals surface area contributed by atoms with Crippen molar-refractivity contribution in [2.75, 3.05) is 0 Å². The molecule has 0 fully saturated rings. The first-order chi connectivity index (χ1) is 23.8. The lowest BCUT2D eigenvalue weighted by Crippen LogP contribution is -1.98. The Labute approximate surface area is 275 Å². The van der Waals surface area contributed by atoms with E-state index >= 15 is 0 Å². The van der Waals surface area contributed by atoms with Crippen LogP contribution >= 0.6 is 0 Å². The van der Waals surface area contributed by atoms with Crippen molar-refractivity contribution in [3.63, 3.8) is 0 Å². The molecular formula is C44H26N4. The Kier molecular flexibility index (Phi) is 5.08. The predicted octanol–water partition coefficient (Wildman–Crippen LogP) is 11.2. The van der Waals surface area contributed by atoms with Crippen molar-refractivity contribution >= 4 is 70.8 Å². The number of fused-ring (bicyclic) bond motifs is 7. The lowest BCUT2D eigenvalue weighted by Gasteiger charge is -2.13. The molecule has 11 rings (SSSR count). The summed E-state index contributed by atoms with van der Waals surface area (Å²) in [4.78, 5) is 10.3. The normalized spacial score (nSPS) is 12.2. The smallest absolute Gasteiger partial charge is 0.160 e. The van der Waals surface area contributed by atoms with Crippen LogP contribution in [0.15, 0.2) is 158 Å². The van der Waals surface area contributed by atoms with Gasteiger partial charge in [0.15, 0.2) is 5.82 Å². The van der Waals surface area contributed by atoms with Crippen molar-refractivity contribution in [3.8, 4) is 28.3 Å². The second-order valence-corrected chi connectivity index (χ2v) is 12.6. The van der Waals surface area contributed by atoms with Gasteiger partial charge in [-0.1, -0.05) is 121 Å². The maximum absolute atomic E-state index is 5.20. The Hall–Kier alpha value is -6.52. The van der Waals surface area contributed by atoms with Crippen LogP contribution in [0.3, 0.4) is 0 Å². The average molecular weight is 611 g/mol. The van der Waals surface area contributed by atoms with Crippen LogP contribution in [0.25, 0.3) is 99.1 Å². The van der Waals surface area contributed by atoms with Crippen molar-refractivity contribution in [1.82, 2.24) is 18.9 Å². The number of hydrogen-bond donors (Lipinski definition) is 0. The highest BCUT2D eigenvalue weighted by Crippen LogP contribution is 2.46. The summed E-state index contributed by atoms with van der Waals surface area (Å²) in [6.45, 7) is 0. The van der Waals surface area contributed by atoms with Crippen molar-refractivity contribution < 1.29 is 0 Å². The molecule has 48 heavy (non-hydrogen) atoms. The monoisotopic (exact) mass is 610 g/mol. The Morgan fingerprint density at radius 2 is 1.10 bits per heavy atom. The van der Waals surface area contributed by atoms with Crippen molar-refractivity contribution in [2.24, 2.45) is 0 Å². The lowest BCUT2D eigenvalue weighted by molar-refractivity contribution is 1.18. The number of benzene rings is 7. The summed E-state index contributed by atoms with van der Waals surface area (Å²) in [7, 11) is 0. The van der Waals surface area contributed by atoms with Gasteiger partial charge in [0.1, 0.15) is 0 Å². The van der Waals surface area contributed by atoms with Gasteiger partial charge < -0.3 is 8.97 Å². The van der Waals surface area contributed by atoms with Crippen molar-refractivity contribution in [2.45, 2.75) is 0 Å². The maximum Gasteiger partial charge on any atom is 0.160 e. The number of para-hydroxylation sites is 2. The van der Waals surface area contributed by atoms with Gasteiger partial charge in [-0.2, -0.15) is 0 Å². The standard InChI is InChI=1S/C44H26N4/c1-3-12-28(13-4-1)41-34-26-30(23-24-35(34)45-44(46-41)29-14-5-2-6-15-29)47-38-25-22-27-16-11-19-32-31-17-7-9-20-36(31)48-37-21-10-8-18-33(37)42(47)43(48)40(38)39(27)32/h1-26H. The minimum Gasteiger partial charge on any atom is -0.307 e. The Morgan fingerprint density at radius 1 is 0.417 bits per heavy atom. The third-order valence-corrected chi connectivity index (χ3v) is 10.0. The second-order valence-electron chi connectivity index (χ2n) is 12.6. The number of aromatic nitrogens is 4. The summed E-state index contributed by atoms with van der Waals surface area (Å²) >= 11 is 0. The van der Waals surface area contributed by atoms with E-state index in [1.165, 1.54) is 59.9 Å². The largest absolute Gasteiger partial charge is 0.307 e. The summed E-state index contributed by atoms with van der Waals surface area (Å²) in [5.74, 6) is 0.728. The average Bonchev–Trinajstić information content (AvgIpc) is 3.63. The zero-order valence-corrected chi connectivity index (χ0v) is 25.8. The Morgan fingerprint density at radius 3 is 1.92 bits per heavy atom. The summed E-state index contributed by atoms with van der Waals surface area (Å²) in [6, 6.07) is 56.3. The topological polar surface area (TPSA) is 35.1 Å². The highest BCUT2D eigenvalue weighted by Gasteiger charge is 2.25. The van der Waals surface area contributed by atoms with Crippen LogP contribution in [-0.2, 0) is 0 Å². The van der Waals surface area contributed by atoms with Crippen molar-refractivity contribution in [3.05, 3.63) is 158 Å².